The molecular weight excluding hydrogens is 484 g/mol. The van der Waals surface area contributed by atoms with E-state index in [2.05, 4.69) is 11.6 Å². The van der Waals surface area contributed by atoms with Crippen LogP contribution in [0.25, 0.3) is 17.0 Å². The molecule has 4 aliphatic heterocycles. The quantitative estimate of drug-likeness (QED) is 0.310. The Morgan fingerprint density at radius 3 is 2.68 bits per heavy atom. The number of carbonyl (C=O) groups is 1. The number of fused-ring (bicyclic) bond motifs is 8. The average Bonchev–Trinajstić information content (AvgIpc) is 3.28. The van der Waals surface area contributed by atoms with Gasteiger partial charge < -0.3 is 49.6 Å². The number of ether oxygens (including phenoxy) is 3. The minimum absolute atomic E-state index is 0.159. The summed E-state index contributed by atoms with van der Waals surface area (Å²) in [4.78, 5) is 17.8. The molecule has 1 aromatic heterocycles. The van der Waals surface area contributed by atoms with E-state index in [0.717, 1.165) is 22.2 Å². The normalized spacial score (nSPS) is 40.8. The van der Waals surface area contributed by atoms with Gasteiger partial charge in [-0.25, -0.2) is 0 Å². The number of carboxylic acid groups (broad SMARTS) is 1. The Bertz CT molecular complexity index is 1230. The van der Waals surface area contributed by atoms with E-state index in [1.807, 2.05) is 41.4 Å². The van der Waals surface area contributed by atoms with Gasteiger partial charge >= 0.3 is 5.97 Å². The van der Waals surface area contributed by atoms with Gasteiger partial charge in [-0.05, 0) is 24.5 Å². The maximum Gasteiger partial charge on any atom is 0.311 e. The number of H-pyrrole nitrogens is 1. The number of aromatic amines is 1. The molecule has 4 aliphatic rings. The van der Waals surface area contributed by atoms with Gasteiger partial charge in [0.2, 0.25) is 0 Å². The second-order valence-corrected chi connectivity index (χ2v) is 10.1. The number of para-hydroxylation sites is 1. The number of aromatic nitrogens is 1. The first-order valence-corrected chi connectivity index (χ1v) is 12.4. The van der Waals surface area contributed by atoms with Gasteiger partial charge in [-0.3, -0.25) is 4.79 Å². The maximum absolute atomic E-state index is 12.4. The number of piperidine rings is 1. The Labute approximate surface area is 212 Å². The third-order valence-electron chi connectivity index (χ3n) is 8.20. The second kappa shape index (κ2) is 9.21. The fourth-order valence-electron chi connectivity index (χ4n) is 6.35. The zero-order valence-corrected chi connectivity index (χ0v) is 19.8. The lowest BCUT2D eigenvalue weighted by atomic mass is 9.69. The van der Waals surface area contributed by atoms with E-state index >= 15 is 0 Å². The molecule has 11 atom stereocenters. The highest BCUT2D eigenvalue weighted by Gasteiger charge is 2.57. The number of benzene rings is 1. The fourth-order valence-corrected chi connectivity index (χ4v) is 6.35. The summed E-state index contributed by atoms with van der Waals surface area (Å²) in [6.07, 6.45) is -3.38. The molecule has 6 N–H and O–H groups in total. The molecule has 37 heavy (non-hydrogen) atoms. The third-order valence-corrected chi connectivity index (χ3v) is 8.20. The first-order chi connectivity index (χ1) is 17.8. The summed E-state index contributed by atoms with van der Waals surface area (Å²) in [5, 5.41) is 51.5. The van der Waals surface area contributed by atoms with Crippen molar-refractivity contribution in [3.63, 3.8) is 0 Å². The topological polar surface area (TPSA) is 165 Å². The van der Waals surface area contributed by atoms with Gasteiger partial charge in [0, 0.05) is 34.3 Å². The van der Waals surface area contributed by atoms with Crippen molar-refractivity contribution in [2.24, 2.45) is 17.8 Å². The van der Waals surface area contributed by atoms with Gasteiger partial charge in [0.25, 0.3) is 0 Å². The highest BCUT2D eigenvalue weighted by molar-refractivity contribution is 5.91. The molecular formula is C26H30N2O9. The minimum Gasteiger partial charge on any atom is -0.481 e. The molecule has 5 heterocycles. The molecule has 0 amide bonds. The zero-order valence-electron chi connectivity index (χ0n) is 19.8. The monoisotopic (exact) mass is 514 g/mol. The van der Waals surface area contributed by atoms with Gasteiger partial charge in [0.15, 0.2) is 12.6 Å². The van der Waals surface area contributed by atoms with E-state index in [1.165, 1.54) is 0 Å². The van der Waals surface area contributed by atoms with E-state index in [0.29, 0.717) is 6.42 Å². The van der Waals surface area contributed by atoms with Crippen molar-refractivity contribution in [2.75, 3.05) is 6.61 Å². The van der Waals surface area contributed by atoms with E-state index < -0.39 is 73.6 Å². The first-order valence-electron chi connectivity index (χ1n) is 12.4. The van der Waals surface area contributed by atoms with Crippen LogP contribution in [0.15, 0.2) is 43.1 Å². The number of aliphatic hydroxyl groups is 4. The fraction of sp³-hybridized carbons (Fsp3) is 0.500. The molecule has 198 valence electrons. The zero-order chi connectivity index (χ0) is 26.0. The van der Waals surface area contributed by atoms with Crippen LogP contribution < -0.4 is 0 Å². The number of aliphatic carboxylic acids is 1. The number of hydrogen-bond acceptors (Lipinski definition) is 9. The lowest BCUT2D eigenvalue weighted by Crippen LogP contribution is -2.64. The number of nitrogens with zero attached hydrogens (tertiary/aromatic N) is 1. The SMILES string of the molecule is C=C[C@H]1[C@H](O[C@@H]2O[C@H](CO)[C@@H](O)[C@H](O)[C@H]2O)O[C@@H]2[C@H](C(=O)O)[C@H]1CC1c3[nH]c4ccccc4c3C=CN12. The Hall–Kier alpha value is -2.77. The van der Waals surface area contributed by atoms with Crippen molar-refractivity contribution < 1.29 is 44.5 Å². The molecule has 0 radical (unpaired) electrons. The van der Waals surface area contributed by atoms with E-state index in [-0.39, 0.29) is 6.04 Å². The van der Waals surface area contributed by atoms with Crippen LogP contribution in [-0.2, 0) is 19.0 Å². The number of nitrogens with one attached hydrogen (secondary N) is 1. The number of rotatable bonds is 5. The van der Waals surface area contributed by atoms with Crippen LogP contribution in [-0.4, -0.2) is 91.2 Å². The molecule has 2 aromatic rings. The number of aliphatic hydroxyl groups excluding tert-OH is 4. The predicted molar refractivity (Wildman–Crippen MR) is 128 cm³/mol. The van der Waals surface area contributed by atoms with Crippen molar-refractivity contribution >= 4 is 22.9 Å². The summed E-state index contributed by atoms with van der Waals surface area (Å²) in [5.74, 6) is -2.87. The molecule has 3 saturated heterocycles. The van der Waals surface area contributed by atoms with Crippen LogP contribution >= 0.6 is 0 Å². The molecule has 0 spiro atoms. The Morgan fingerprint density at radius 1 is 1.16 bits per heavy atom. The van der Waals surface area contributed by atoms with Gasteiger partial charge in [-0.15, -0.1) is 6.58 Å². The van der Waals surface area contributed by atoms with Crippen LogP contribution in [0, 0.1) is 17.8 Å². The molecule has 1 unspecified atom stereocenters. The van der Waals surface area contributed by atoms with Crippen molar-refractivity contribution in [3.8, 4) is 0 Å². The van der Waals surface area contributed by atoms with Crippen molar-refractivity contribution in [1.82, 2.24) is 9.88 Å². The van der Waals surface area contributed by atoms with Gasteiger partial charge in [-0.1, -0.05) is 24.3 Å². The Balaban J connectivity index is 1.33. The average molecular weight is 515 g/mol. The van der Waals surface area contributed by atoms with Crippen molar-refractivity contribution in [2.45, 2.75) is 55.7 Å². The number of hydrogen-bond donors (Lipinski definition) is 6. The minimum atomic E-state index is -1.61. The first kappa shape index (κ1) is 24.6. The summed E-state index contributed by atoms with van der Waals surface area (Å²) >= 11 is 0. The van der Waals surface area contributed by atoms with Crippen LogP contribution in [0.4, 0.5) is 0 Å². The molecule has 1 aromatic carbocycles. The Kier molecular flexibility index (Phi) is 6.11. The number of carboxylic acids is 1. The molecule has 11 nitrogen and oxygen atoms in total. The summed E-state index contributed by atoms with van der Waals surface area (Å²) in [6.45, 7) is 3.31. The third kappa shape index (κ3) is 3.73. The summed E-state index contributed by atoms with van der Waals surface area (Å²) in [6, 6.07) is 7.82. The molecule has 11 heteroatoms. The van der Waals surface area contributed by atoms with E-state index in [9.17, 15) is 30.3 Å². The molecule has 0 saturated carbocycles. The standard InChI is InChI=1S/C26H30N2O9/c1-2-11-14-9-16-19-13(12-5-3-4-6-15(12)27-19)7-8-28(16)23(18(14)24(33)34)36-25(11)37-26-22(32)21(31)20(30)17(10-29)35-26/h2-8,11,14,16-18,20-23,25-27,29-32H,1,9-10H2,(H,33,34)/t11-,14+,16?,17-,18-,20-,21+,22-,23-,25+,26+/m1/s1. The van der Waals surface area contributed by atoms with E-state index in [1.54, 1.807) is 6.08 Å². The van der Waals surface area contributed by atoms with Crippen LogP contribution in [0.2, 0.25) is 0 Å². The summed E-state index contributed by atoms with van der Waals surface area (Å²) in [7, 11) is 0. The lowest BCUT2D eigenvalue weighted by molar-refractivity contribution is -0.373. The molecule has 6 rings (SSSR count). The summed E-state index contributed by atoms with van der Waals surface area (Å²) < 4.78 is 17.7. The van der Waals surface area contributed by atoms with Gasteiger partial charge in [0.05, 0.1) is 12.6 Å². The smallest absolute Gasteiger partial charge is 0.311 e. The lowest BCUT2D eigenvalue weighted by Gasteiger charge is -2.56. The van der Waals surface area contributed by atoms with Crippen molar-refractivity contribution in [1.29, 1.82) is 0 Å². The highest BCUT2D eigenvalue weighted by Crippen LogP contribution is 2.52. The Morgan fingerprint density at radius 2 is 1.95 bits per heavy atom. The largest absolute Gasteiger partial charge is 0.481 e. The highest BCUT2D eigenvalue weighted by atomic mass is 16.8. The van der Waals surface area contributed by atoms with E-state index in [4.69, 9.17) is 14.2 Å². The molecule has 0 aliphatic carbocycles. The maximum atomic E-state index is 12.4. The van der Waals surface area contributed by atoms with Crippen LogP contribution in [0.5, 0.6) is 0 Å². The van der Waals surface area contributed by atoms with Crippen LogP contribution in [0.3, 0.4) is 0 Å². The van der Waals surface area contributed by atoms with Crippen LogP contribution in [0.1, 0.15) is 23.7 Å². The second-order valence-electron chi connectivity index (χ2n) is 10.1. The van der Waals surface area contributed by atoms with Gasteiger partial charge in [0.1, 0.15) is 36.6 Å². The molecule has 3 fully saturated rings. The summed E-state index contributed by atoms with van der Waals surface area (Å²) in [5.41, 5.74) is 3.05. The van der Waals surface area contributed by atoms with Gasteiger partial charge in [-0.2, -0.15) is 0 Å². The van der Waals surface area contributed by atoms with Crippen molar-refractivity contribution in [3.05, 3.63) is 54.4 Å². The predicted octanol–water partition coefficient (Wildman–Crippen LogP) is 0.517. The molecule has 2 bridgehead atoms.